The predicted molar refractivity (Wildman–Crippen MR) is 58.2 cm³/mol. The molecule has 0 radical (unpaired) electrons. The molecule has 2 aromatic rings. The second-order valence-electron chi connectivity index (χ2n) is 3.08. The fourth-order valence-corrected chi connectivity index (χ4v) is 1.12. The quantitative estimate of drug-likeness (QED) is 0.756. The van der Waals surface area contributed by atoms with Crippen LogP contribution in [0.4, 0.5) is 11.4 Å². The van der Waals surface area contributed by atoms with Gasteiger partial charge in [0.25, 0.3) is 0 Å². The van der Waals surface area contributed by atoms with Crippen molar-refractivity contribution in [3.63, 3.8) is 0 Å². The third-order valence-electron chi connectivity index (χ3n) is 1.89. The van der Waals surface area contributed by atoms with Gasteiger partial charge in [-0.1, -0.05) is 0 Å². The van der Waals surface area contributed by atoms with Gasteiger partial charge in [0.2, 0.25) is 0 Å². The fraction of sp³-hybridized carbons (Fsp3) is 0. The Morgan fingerprint density at radius 1 is 0.938 bits per heavy atom. The summed E-state index contributed by atoms with van der Waals surface area (Å²) in [6, 6.07) is 7.51. The molecule has 1 heterocycles. The highest BCUT2D eigenvalue weighted by atomic mass is 16.3. The Hall–Kier alpha value is -2.43. The zero-order valence-corrected chi connectivity index (χ0v) is 8.28. The Kier molecular flexibility index (Phi) is 2.77. The summed E-state index contributed by atoms with van der Waals surface area (Å²) in [4.78, 5) is 3.85. The molecule has 0 unspecified atom stereocenters. The molecule has 1 aromatic carbocycles. The number of rotatable bonds is 2. The average molecular weight is 215 g/mol. The van der Waals surface area contributed by atoms with Gasteiger partial charge in [0, 0.05) is 18.5 Å². The number of pyridine rings is 1. The van der Waals surface area contributed by atoms with Crippen molar-refractivity contribution in [3.05, 3.63) is 42.7 Å². The number of aromatic hydroxyl groups is 2. The number of aromatic nitrogens is 1. The van der Waals surface area contributed by atoms with Crippen molar-refractivity contribution < 1.29 is 10.2 Å². The molecule has 0 saturated heterocycles. The third kappa shape index (κ3) is 2.33. The van der Waals surface area contributed by atoms with Crippen molar-refractivity contribution in [2.24, 2.45) is 10.2 Å². The Morgan fingerprint density at radius 2 is 1.69 bits per heavy atom. The maximum absolute atomic E-state index is 9.44. The van der Waals surface area contributed by atoms with Crippen LogP contribution in [-0.4, -0.2) is 15.2 Å². The van der Waals surface area contributed by atoms with Crippen LogP contribution in [0.3, 0.4) is 0 Å². The van der Waals surface area contributed by atoms with Crippen LogP contribution in [-0.2, 0) is 0 Å². The average Bonchev–Trinajstić information content (AvgIpc) is 2.29. The van der Waals surface area contributed by atoms with E-state index in [1.165, 1.54) is 18.2 Å². The molecule has 5 nitrogen and oxygen atoms in total. The van der Waals surface area contributed by atoms with Gasteiger partial charge in [-0.2, -0.15) is 5.11 Å². The van der Waals surface area contributed by atoms with E-state index < -0.39 is 0 Å². The molecule has 2 N–H and O–H groups in total. The monoisotopic (exact) mass is 215 g/mol. The van der Waals surface area contributed by atoms with Crippen LogP contribution >= 0.6 is 0 Å². The topological polar surface area (TPSA) is 78.1 Å². The van der Waals surface area contributed by atoms with E-state index in [1.54, 1.807) is 24.5 Å². The molecule has 0 fully saturated rings. The molecule has 80 valence electrons. The van der Waals surface area contributed by atoms with Crippen molar-refractivity contribution in [3.8, 4) is 11.5 Å². The van der Waals surface area contributed by atoms with Crippen LogP contribution in [0.5, 0.6) is 11.5 Å². The summed E-state index contributed by atoms with van der Waals surface area (Å²) >= 11 is 0. The lowest BCUT2D eigenvalue weighted by Crippen LogP contribution is -1.69. The Labute approximate surface area is 91.7 Å². The van der Waals surface area contributed by atoms with E-state index >= 15 is 0 Å². The maximum Gasteiger partial charge on any atom is 0.146 e. The van der Waals surface area contributed by atoms with Gasteiger partial charge in [-0.25, -0.2) is 0 Å². The van der Waals surface area contributed by atoms with Gasteiger partial charge in [-0.3, -0.25) is 4.98 Å². The maximum atomic E-state index is 9.44. The number of azo groups is 1. The first kappa shape index (κ1) is 10.1. The standard InChI is InChI=1S/C11H9N3O2/c15-9-1-2-10(11(16)7-9)14-13-8-3-5-12-6-4-8/h1-7,15-16H/b14-13+. The molecule has 0 aliphatic rings. The van der Waals surface area contributed by atoms with Gasteiger partial charge in [0.05, 0.1) is 5.69 Å². The SMILES string of the molecule is Oc1ccc(/N=N/c2ccncc2)c(O)c1. The minimum atomic E-state index is -0.113. The number of hydrogen-bond acceptors (Lipinski definition) is 5. The summed E-state index contributed by atoms with van der Waals surface area (Å²) < 4.78 is 0. The van der Waals surface area contributed by atoms with Crippen LogP contribution in [0.2, 0.25) is 0 Å². The molecule has 0 aliphatic heterocycles. The van der Waals surface area contributed by atoms with Crippen molar-refractivity contribution in [2.45, 2.75) is 0 Å². The van der Waals surface area contributed by atoms with Gasteiger partial charge in [0.15, 0.2) is 0 Å². The first-order valence-corrected chi connectivity index (χ1v) is 4.59. The lowest BCUT2D eigenvalue weighted by molar-refractivity contribution is 0.451. The van der Waals surface area contributed by atoms with Crippen molar-refractivity contribution in [2.75, 3.05) is 0 Å². The summed E-state index contributed by atoms with van der Waals surface area (Å²) in [6.07, 6.45) is 3.20. The lowest BCUT2D eigenvalue weighted by atomic mass is 10.3. The summed E-state index contributed by atoms with van der Waals surface area (Å²) in [7, 11) is 0. The number of benzene rings is 1. The van der Waals surface area contributed by atoms with Crippen molar-refractivity contribution in [1.82, 2.24) is 4.98 Å². The third-order valence-corrected chi connectivity index (χ3v) is 1.89. The second-order valence-corrected chi connectivity index (χ2v) is 3.08. The van der Waals surface area contributed by atoms with Crippen LogP contribution in [0.15, 0.2) is 53.0 Å². The number of hydrogen-bond donors (Lipinski definition) is 2. The first-order chi connectivity index (χ1) is 7.75. The Morgan fingerprint density at radius 3 is 2.38 bits per heavy atom. The van der Waals surface area contributed by atoms with Gasteiger partial charge in [-0.15, -0.1) is 5.11 Å². The Bertz CT molecular complexity index is 512. The molecule has 0 amide bonds. The number of phenolic OH excluding ortho intramolecular Hbond substituents is 2. The highest BCUT2D eigenvalue weighted by Gasteiger charge is 2.00. The normalized spacial score (nSPS) is 10.8. The van der Waals surface area contributed by atoms with Gasteiger partial charge in [0.1, 0.15) is 17.2 Å². The van der Waals surface area contributed by atoms with E-state index in [9.17, 15) is 5.11 Å². The molecular formula is C11H9N3O2. The summed E-state index contributed by atoms with van der Waals surface area (Å²) in [6.45, 7) is 0. The molecule has 5 heteroatoms. The Balaban J connectivity index is 2.24. The van der Waals surface area contributed by atoms with E-state index in [4.69, 9.17) is 5.11 Å². The van der Waals surface area contributed by atoms with Crippen molar-refractivity contribution in [1.29, 1.82) is 0 Å². The molecule has 0 saturated carbocycles. The number of nitrogens with zero attached hydrogens (tertiary/aromatic N) is 3. The molecule has 0 spiro atoms. The minimum absolute atomic E-state index is 0.0136. The van der Waals surface area contributed by atoms with E-state index in [0.717, 1.165) is 0 Å². The first-order valence-electron chi connectivity index (χ1n) is 4.59. The van der Waals surface area contributed by atoms with Crippen LogP contribution in [0.1, 0.15) is 0 Å². The van der Waals surface area contributed by atoms with E-state index in [0.29, 0.717) is 11.4 Å². The molecule has 1 aromatic heterocycles. The molecule has 2 rings (SSSR count). The second kappa shape index (κ2) is 4.39. The van der Waals surface area contributed by atoms with Crippen LogP contribution < -0.4 is 0 Å². The molecule has 0 aliphatic carbocycles. The van der Waals surface area contributed by atoms with Crippen LogP contribution in [0, 0.1) is 0 Å². The zero-order valence-electron chi connectivity index (χ0n) is 8.28. The van der Waals surface area contributed by atoms with Crippen molar-refractivity contribution >= 4 is 11.4 Å². The largest absolute Gasteiger partial charge is 0.508 e. The highest BCUT2D eigenvalue weighted by Crippen LogP contribution is 2.30. The van der Waals surface area contributed by atoms with Gasteiger partial charge < -0.3 is 10.2 Å². The van der Waals surface area contributed by atoms with Gasteiger partial charge >= 0.3 is 0 Å². The summed E-state index contributed by atoms with van der Waals surface area (Å²) in [5, 5.41) is 26.3. The van der Waals surface area contributed by atoms with E-state index in [1.807, 2.05) is 0 Å². The van der Waals surface area contributed by atoms with Crippen LogP contribution in [0.25, 0.3) is 0 Å². The summed E-state index contributed by atoms with van der Waals surface area (Å²) in [5.74, 6) is -0.127. The lowest BCUT2D eigenvalue weighted by Gasteiger charge is -1.97. The molecular weight excluding hydrogens is 206 g/mol. The molecule has 0 bridgehead atoms. The fourth-order valence-electron chi connectivity index (χ4n) is 1.12. The van der Waals surface area contributed by atoms with E-state index in [-0.39, 0.29) is 11.5 Å². The summed E-state index contributed by atoms with van der Waals surface area (Å²) in [5.41, 5.74) is 0.942. The number of phenols is 2. The van der Waals surface area contributed by atoms with Gasteiger partial charge in [-0.05, 0) is 24.3 Å². The van der Waals surface area contributed by atoms with E-state index in [2.05, 4.69) is 15.2 Å². The highest BCUT2D eigenvalue weighted by molar-refractivity contribution is 5.53. The zero-order chi connectivity index (χ0) is 11.4. The molecule has 0 atom stereocenters. The minimum Gasteiger partial charge on any atom is -0.508 e. The molecule has 16 heavy (non-hydrogen) atoms. The smallest absolute Gasteiger partial charge is 0.146 e. The predicted octanol–water partition coefficient (Wildman–Crippen LogP) is 2.91.